The van der Waals surface area contributed by atoms with Crippen LogP contribution in [0.2, 0.25) is 0 Å². The number of amides is 1. The molecule has 3 rings (SSSR count). The molecule has 1 amide bonds. The highest BCUT2D eigenvalue weighted by Crippen LogP contribution is 2.34. The Hall–Kier alpha value is -2.14. The molecule has 2 aromatic rings. The number of aryl methyl sites for hydroxylation is 1. The second-order valence-corrected chi connectivity index (χ2v) is 6.81. The Balaban J connectivity index is 1.68. The predicted octanol–water partition coefficient (Wildman–Crippen LogP) is 2.81. The third-order valence-electron chi connectivity index (χ3n) is 5.29. The zero-order chi connectivity index (χ0) is 17.2. The summed E-state index contributed by atoms with van der Waals surface area (Å²) < 4.78 is 1.81. The third-order valence-corrected chi connectivity index (χ3v) is 5.29. The number of aromatic nitrogens is 2. The van der Waals surface area contributed by atoms with Gasteiger partial charge in [-0.15, -0.1) is 0 Å². The molecule has 0 spiro atoms. The van der Waals surface area contributed by atoms with E-state index in [1.165, 1.54) is 0 Å². The van der Waals surface area contributed by atoms with Crippen LogP contribution in [-0.2, 0) is 0 Å². The average molecular weight is 327 g/mol. The minimum Gasteiger partial charge on any atom is -0.396 e. The number of hydrogen-bond acceptors (Lipinski definition) is 3. The van der Waals surface area contributed by atoms with Crippen LogP contribution in [0.5, 0.6) is 0 Å². The van der Waals surface area contributed by atoms with Crippen LogP contribution in [-0.4, -0.2) is 45.4 Å². The maximum absolute atomic E-state index is 12.7. The molecule has 128 valence electrons. The molecule has 1 aliphatic rings. The van der Waals surface area contributed by atoms with Crippen LogP contribution in [0.3, 0.4) is 0 Å². The van der Waals surface area contributed by atoms with Crippen LogP contribution in [0.4, 0.5) is 0 Å². The van der Waals surface area contributed by atoms with Crippen molar-refractivity contribution < 1.29 is 9.90 Å². The molecule has 1 N–H and O–H groups in total. The zero-order valence-corrected chi connectivity index (χ0v) is 14.4. The number of aliphatic hydroxyl groups is 1. The molecule has 0 bridgehead atoms. The third kappa shape index (κ3) is 3.22. The highest BCUT2D eigenvalue weighted by Gasteiger charge is 2.34. The average Bonchev–Trinajstić information content (AvgIpc) is 3.08. The van der Waals surface area contributed by atoms with E-state index in [4.69, 9.17) is 0 Å². The van der Waals surface area contributed by atoms with Crippen LogP contribution in [0.15, 0.2) is 36.7 Å². The lowest BCUT2D eigenvalue weighted by Crippen LogP contribution is -2.44. The number of rotatable bonds is 4. The number of carbonyl (C=O) groups excluding carboxylic acids is 1. The first-order valence-corrected chi connectivity index (χ1v) is 8.59. The summed E-state index contributed by atoms with van der Waals surface area (Å²) in [6, 6.07) is 7.58. The minimum absolute atomic E-state index is 0.00140. The van der Waals surface area contributed by atoms with Gasteiger partial charge in [-0.3, -0.25) is 4.79 Å². The summed E-state index contributed by atoms with van der Waals surface area (Å²) in [6.07, 6.45) is 6.48. The van der Waals surface area contributed by atoms with E-state index < -0.39 is 0 Å². The zero-order valence-electron chi connectivity index (χ0n) is 14.4. The fourth-order valence-electron chi connectivity index (χ4n) is 3.30. The topological polar surface area (TPSA) is 58.4 Å². The van der Waals surface area contributed by atoms with Gasteiger partial charge in [-0.1, -0.05) is 6.92 Å². The Morgan fingerprint density at radius 1 is 1.25 bits per heavy atom. The SMILES string of the molecule is CCC1(CO)CCN(C(=O)c2ccc(-n3cc(C)cn3)cc2)CC1. The summed E-state index contributed by atoms with van der Waals surface area (Å²) in [5.41, 5.74) is 2.75. The van der Waals surface area contributed by atoms with Crippen molar-refractivity contribution >= 4 is 5.91 Å². The molecule has 2 heterocycles. The van der Waals surface area contributed by atoms with Crippen LogP contribution in [0.25, 0.3) is 5.69 Å². The van der Waals surface area contributed by atoms with Gasteiger partial charge in [0.2, 0.25) is 0 Å². The normalized spacial score (nSPS) is 17.0. The number of benzene rings is 1. The van der Waals surface area contributed by atoms with Crippen molar-refractivity contribution in [2.75, 3.05) is 19.7 Å². The second kappa shape index (κ2) is 6.77. The van der Waals surface area contributed by atoms with Gasteiger partial charge in [-0.05, 0) is 61.4 Å². The highest BCUT2D eigenvalue weighted by atomic mass is 16.3. The number of piperidine rings is 1. The number of aliphatic hydroxyl groups excluding tert-OH is 1. The number of nitrogens with zero attached hydrogens (tertiary/aromatic N) is 3. The van der Waals surface area contributed by atoms with Gasteiger partial charge in [0.25, 0.3) is 5.91 Å². The summed E-state index contributed by atoms with van der Waals surface area (Å²) in [7, 11) is 0. The maximum atomic E-state index is 12.7. The summed E-state index contributed by atoms with van der Waals surface area (Å²) in [6.45, 7) is 5.76. The molecule has 1 fully saturated rings. The van der Waals surface area contributed by atoms with E-state index in [1.54, 1.807) is 4.68 Å². The maximum Gasteiger partial charge on any atom is 0.253 e. The summed E-state index contributed by atoms with van der Waals surface area (Å²) in [5, 5.41) is 13.9. The Morgan fingerprint density at radius 3 is 2.42 bits per heavy atom. The van der Waals surface area contributed by atoms with Crippen molar-refractivity contribution in [1.82, 2.24) is 14.7 Å². The van der Waals surface area contributed by atoms with E-state index in [1.807, 2.05) is 48.5 Å². The fraction of sp³-hybridized carbons (Fsp3) is 0.474. The summed E-state index contributed by atoms with van der Waals surface area (Å²) in [5.74, 6) is 0.0702. The summed E-state index contributed by atoms with van der Waals surface area (Å²) >= 11 is 0. The Bertz CT molecular complexity index is 692. The molecular weight excluding hydrogens is 302 g/mol. The molecule has 0 aliphatic carbocycles. The van der Waals surface area contributed by atoms with Crippen molar-refractivity contribution in [3.05, 3.63) is 47.8 Å². The molecule has 0 atom stereocenters. The van der Waals surface area contributed by atoms with E-state index in [9.17, 15) is 9.90 Å². The van der Waals surface area contributed by atoms with E-state index in [2.05, 4.69) is 12.0 Å². The van der Waals surface area contributed by atoms with E-state index in [0.29, 0.717) is 18.7 Å². The fourth-order valence-corrected chi connectivity index (χ4v) is 3.30. The first kappa shape index (κ1) is 16.7. The van der Waals surface area contributed by atoms with Crippen LogP contribution in [0, 0.1) is 12.3 Å². The number of carbonyl (C=O) groups is 1. The largest absolute Gasteiger partial charge is 0.396 e. The van der Waals surface area contributed by atoms with E-state index in [0.717, 1.165) is 30.5 Å². The Labute approximate surface area is 142 Å². The predicted molar refractivity (Wildman–Crippen MR) is 93.2 cm³/mol. The highest BCUT2D eigenvalue weighted by molar-refractivity contribution is 5.94. The molecule has 5 heteroatoms. The van der Waals surface area contributed by atoms with E-state index in [-0.39, 0.29) is 17.9 Å². The molecule has 5 nitrogen and oxygen atoms in total. The molecule has 0 radical (unpaired) electrons. The minimum atomic E-state index is -0.00140. The molecule has 0 saturated carbocycles. The first-order valence-electron chi connectivity index (χ1n) is 8.59. The molecular formula is C19H25N3O2. The van der Waals surface area contributed by atoms with E-state index >= 15 is 0 Å². The molecule has 1 saturated heterocycles. The van der Waals surface area contributed by atoms with Crippen molar-refractivity contribution in [2.45, 2.75) is 33.1 Å². The quantitative estimate of drug-likeness (QED) is 0.939. The Kier molecular flexibility index (Phi) is 4.71. The van der Waals surface area contributed by atoms with Gasteiger partial charge in [0.1, 0.15) is 0 Å². The van der Waals surface area contributed by atoms with Crippen LogP contribution in [0.1, 0.15) is 42.1 Å². The van der Waals surface area contributed by atoms with Gasteiger partial charge < -0.3 is 10.0 Å². The molecule has 1 aromatic heterocycles. The smallest absolute Gasteiger partial charge is 0.253 e. The number of hydrogen-bond donors (Lipinski definition) is 1. The van der Waals surface area contributed by atoms with Crippen LogP contribution >= 0.6 is 0 Å². The van der Waals surface area contributed by atoms with Crippen molar-refractivity contribution in [2.24, 2.45) is 5.41 Å². The van der Waals surface area contributed by atoms with Crippen molar-refractivity contribution in [3.8, 4) is 5.69 Å². The monoisotopic (exact) mass is 327 g/mol. The Morgan fingerprint density at radius 2 is 1.92 bits per heavy atom. The van der Waals surface area contributed by atoms with Gasteiger partial charge >= 0.3 is 0 Å². The van der Waals surface area contributed by atoms with Gasteiger partial charge in [-0.25, -0.2) is 4.68 Å². The van der Waals surface area contributed by atoms with Gasteiger partial charge in [-0.2, -0.15) is 5.10 Å². The molecule has 1 aromatic carbocycles. The van der Waals surface area contributed by atoms with Crippen molar-refractivity contribution in [1.29, 1.82) is 0 Å². The number of likely N-dealkylation sites (tertiary alicyclic amines) is 1. The molecule has 0 unspecified atom stereocenters. The lowest BCUT2D eigenvalue weighted by molar-refractivity contribution is 0.0338. The van der Waals surface area contributed by atoms with Crippen LogP contribution < -0.4 is 0 Å². The summed E-state index contributed by atoms with van der Waals surface area (Å²) in [4.78, 5) is 14.6. The van der Waals surface area contributed by atoms with Crippen molar-refractivity contribution in [3.63, 3.8) is 0 Å². The second-order valence-electron chi connectivity index (χ2n) is 6.81. The van der Waals surface area contributed by atoms with Gasteiger partial charge in [0.15, 0.2) is 0 Å². The molecule has 1 aliphatic heterocycles. The molecule has 24 heavy (non-hydrogen) atoms. The lowest BCUT2D eigenvalue weighted by atomic mass is 9.77. The first-order chi connectivity index (χ1) is 11.6. The lowest BCUT2D eigenvalue weighted by Gasteiger charge is -2.40. The van der Waals surface area contributed by atoms with Gasteiger partial charge in [0, 0.05) is 31.5 Å². The standard InChI is InChI=1S/C19H25N3O2/c1-3-19(14-23)8-10-21(11-9-19)18(24)16-4-6-17(7-5-16)22-13-15(2)12-20-22/h4-7,12-13,23H,3,8-11,14H2,1-2H3. The van der Waals surface area contributed by atoms with Gasteiger partial charge in [0.05, 0.1) is 11.9 Å².